The SMILES string of the molecule is Cc1ccc(N2C(=O)C34ON(c5ccccc5)C(c5ccccc5)C3(C2=O)C2c3ccccc3C4c3ccccc32)cc1. The number of hydroxylamine groups is 1. The molecule has 10 rings (SSSR count). The molecule has 3 aliphatic carbocycles. The molecule has 2 aliphatic heterocycles. The minimum absolute atomic E-state index is 0.215. The van der Waals surface area contributed by atoms with Gasteiger partial charge in [0.25, 0.3) is 5.91 Å². The Hall–Kier alpha value is -5.00. The van der Waals surface area contributed by atoms with E-state index in [-0.39, 0.29) is 11.8 Å². The van der Waals surface area contributed by atoms with Gasteiger partial charge in [-0.05, 0) is 59.0 Å². The Morgan fingerprint density at radius 1 is 0.558 bits per heavy atom. The maximum atomic E-state index is 15.6. The Kier molecular flexibility index (Phi) is 4.87. The number of para-hydroxylation sites is 1. The van der Waals surface area contributed by atoms with Gasteiger partial charge in [0.2, 0.25) is 11.5 Å². The van der Waals surface area contributed by atoms with E-state index in [1.54, 1.807) is 0 Å². The summed E-state index contributed by atoms with van der Waals surface area (Å²) in [6.45, 7) is 2.00. The highest BCUT2D eigenvalue weighted by atomic mass is 16.7. The normalized spacial score (nSPS) is 28.0. The van der Waals surface area contributed by atoms with Crippen molar-refractivity contribution in [3.8, 4) is 0 Å². The summed E-state index contributed by atoms with van der Waals surface area (Å²) in [5.74, 6) is -1.40. The van der Waals surface area contributed by atoms with Crippen LogP contribution in [-0.2, 0) is 14.4 Å². The van der Waals surface area contributed by atoms with Crippen molar-refractivity contribution >= 4 is 23.2 Å². The molecule has 3 atom stereocenters. The number of rotatable bonds is 3. The molecule has 2 heterocycles. The minimum Gasteiger partial charge on any atom is -0.273 e. The third-order valence-corrected chi connectivity index (χ3v) is 10.1. The summed E-state index contributed by atoms with van der Waals surface area (Å²) < 4.78 is 0. The summed E-state index contributed by atoms with van der Waals surface area (Å²) in [6, 6.07) is 43.7. The van der Waals surface area contributed by atoms with Gasteiger partial charge in [0.05, 0.1) is 17.3 Å². The number of hydrogen-bond donors (Lipinski definition) is 0. The van der Waals surface area contributed by atoms with Crippen LogP contribution in [0.3, 0.4) is 0 Å². The zero-order valence-corrected chi connectivity index (χ0v) is 23.6. The lowest BCUT2D eigenvalue weighted by molar-refractivity contribution is -0.153. The molecule has 5 nitrogen and oxygen atoms in total. The van der Waals surface area contributed by atoms with Crippen molar-refractivity contribution in [3.63, 3.8) is 0 Å². The first-order valence-corrected chi connectivity index (χ1v) is 14.8. The number of amides is 2. The second-order valence-corrected chi connectivity index (χ2v) is 12.1. The predicted molar refractivity (Wildman–Crippen MR) is 165 cm³/mol. The van der Waals surface area contributed by atoms with Crippen molar-refractivity contribution in [1.82, 2.24) is 0 Å². The van der Waals surface area contributed by atoms with E-state index >= 15 is 9.59 Å². The number of anilines is 2. The monoisotopic (exact) mass is 560 g/mol. The van der Waals surface area contributed by atoms with E-state index < -0.39 is 28.9 Å². The van der Waals surface area contributed by atoms with Crippen molar-refractivity contribution in [1.29, 1.82) is 0 Å². The smallest absolute Gasteiger partial charge is 0.271 e. The third kappa shape index (κ3) is 2.81. The standard InChI is InChI=1S/C38H28N2O3/c1-24-20-22-26(23-21-24)39-35(41)37-32-28-16-8-10-18-30(28)33(31-19-11-9-17-29(31)32)38(37,36(39)42)43-40(27-14-6-3-7-15-27)34(37)25-12-4-2-5-13-25/h2-23,32-34H,1H3. The minimum atomic E-state index is -1.50. The number of benzene rings is 5. The highest BCUT2D eigenvalue weighted by Gasteiger charge is 2.87. The summed E-state index contributed by atoms with van der Waals surface area (Å²) in [5.41, 5.74) is 4.88. The molecule has 2 bridgehead atoms. The van der Waals surface area contributed by atoms with Crippen LogP contribution in [0.25, 0.3) is 0 Å². The molecule has 0 spiro atoms. The van der Waals surface area contributed by atoms with E-state index in [0.29, 0.717) is 5.69 Å². The lowest BCUT2D eigenvalue weighted by atomic mass is 9.43. The van der Waals surface area contributed by atoms with Crippen LogP contribution >= 0.6 is 0 Å². The zero-order chi connectivity index (χ0) is 28.9. The van der Waals surface area contributed by atoms with Gasteiger partial charge in [0.15, 0.2) is 0 Å². The first-order chi connectivity index (χ1) is 21.1. The van der Waals surface area contributed by atoms with Crippen molar-refractivity contribution in [3.05, 3.63) is 167 Å². The molecule has 5 aromatic carbocycles. The molecular weight excluding hydrogens is 532 g/mol. The Morgan fingerprint density at radius 2 is 1.07 bits per heavy atom. The van der Waals surface area contributed by atoms with Crippen LogP contribution in [0, 0.1) is 12.3 Å². The fourth-order valence-corrected chi connectivity index (χ4v) is 8.59. The summed E-state index contributed by atoms with van der Waals surface area (Å²) in [4.78, 5) is 39.6. The molecule has 5 heteroatoms. The molecule has 5 aliphatic rings. The van der Waals surface area contributed by atoms with Crippen LogP contribution < -0.4 is 9.96 Å². The molecule has 2 fully saturated rings. The van der Waals surface area contributed by atoms with Gasteiger partial charge >= 0.3 is 0 Å². The van der Waals surface area contributed by atoms with Gasteiger partial charge in [0, 0.05) is 5.92 Å². The number of carbonyl (C=O) groups excluding carboxylic acids is 2. The molecule has 2 saturated heterocycles. The lowest BCUT2D eigenvalue weighted by Gasteiger charge is -2.55. The molecule has 0 radical (unpaired) electrons. The van der Waals surface area contributed by atoms with Crippen molar-refractivity contribution in [2.24, 2.45) is 5.41 Å². The Morgan fingerprint density at radius 3 is 1.65 bits per heavy atom. The summed E-state index contributed by atoms with van der Waals surface area (Å²) in [6.07, 6.45) is 0. The van der Waals surface area contributed by atoms with Crippen molar-refractivity contribution < 1.29 is 14.4 Å². The van der Waals surface area contributed by atoms with E-state index in [9.17, 15) is 0 Å². The van der Waals surface area contributed by atoms with Crippen LogP contribution in [-0.4, -0.2) is 17.4 Å². The average Bonchev–Trinajstić information content (AvgIpc) is 3.50. The molecule has 0 aromatic heterocycles. The van der Waals surface area contributed by atoms with E-state index in [0.717, 1.165) is 39.1 Å². The van der Waals surface area contributed by atoms with Crippen LogP contribution in [0.1, 0.15) is 51.3 Å². The Balaban J connectivity index is 1.43. The lowest BCUT2D eigenvalue weighted by Crippen LogP contribution is -2.63. The number of aryl methyl sites for hydroxylation is 1. The fourth-order valence-electron chi connectivity index (χ4n) is 8.59. The van der Waals surface area contributed by atoms with E-state index in [4.69, 9.17) is 4.84 Å². The van der Waals surface area contributed by atoms with Gasteiger partial charge in [-0.2, -0.15) is 0 Å². The molecule has 3 unspecified atom stereocenters. The Bertz CT molecular complexity index is 1890. The molecule has 43 heavy (non-hydrogen) atoms. The van der Waals surface area contributed by atoms with Crippen LogP contribution in [0.2, 0.25) is 0 Å². The van der Waals surface area contributed by atoms with Gasteiger partial charge in [0.1, 0.15) is 11.5 Å². The molecule has 2 amide bonds. The zero-order valence-electron chi connectivity index (χ0n) is 23.6. The number of carbonyl (C=O) groups is 2. The van der Waals surface area contributed by atoms with Crippen LogP contribution in [0.5, 0.6) is 0 Å². The average molecular weight is 561 g/mol. The number of imide groups is 1. The molecular formula is C38H28N2O3. The van der Waals surface area contributed by atoms with Crippen molar-refractivity contribution in [2.45, 2.75) is 30.4 Å². The molecule has 5 aromatic rings. The number of hydrogen-bond acceptors (Lipinski definition) is 4. The van der Waals surface area contributed by atoms with Gasteiger partial charge < -0.3 is 0 Å². The predicted octanol–water partition coefficient (Wildman–Crippen LogP) is 7.08. The number of nitrogens with zero attached hydrogens (tertiary/aromatic N) is 2. The van der Waals surface area contributed by atoms with E-state index in [2.05, 4.69) is 36.4 Å². The topological polar surface area (TPSA) is 49.9 Å². The maximum Gasteiger partial charge on any atom is 0.271 e. The first-order valence-electron chi connectivity index (χ1n) is 14.8. The van der Waals surface area contributed by atoms with Gasteiger partial charge in [-0.3, -0.25) is 14.4 Å². The van der Waals surface area contributed by atoms with Crippen LogP contribution in [0.15, 0.2) is 133 Å². The summed E-state index contributed by atoms with van der Waals surface area (Å²) in [7, 11) is 0. The van der Waals surface area contributed by atoms with Gasteiger partial charge in [-0.25, -0.2) is 9.96 Å². The third-order valence-electron chi connectivity index (χ3n) is 10.1. The van der Waals surface area contributed by atoms with Crippen molar-refractivity contribution in [2.75, 3.05) is 9.96 Å². The van der Waals surface area contributed by atoms with Crippen LogP contribution in [0.4, 0.5) is 11.4 Å². The maximum absolute atomic E-state index is 15.6. The van der Waals surface area contributed by atoms with E-state index in [1.165, 1.54) is 4.90 Å². The first kappa shape index (κ1) is 24.6. The second kappa shape index (κ2) is 8.52. The highest BCUT2D eigenvalue weighted by Crippen LogP contribution is 2.77. The second-order valence-electron chi connectivity index (χ2n) is 12.1. The quantitative estimate of drug-likeness (QED) is 0.221. The van der Waals surface area contributed by atoms with Gasteiger partial charge in [-0.1, -0.05) is 115 Å². The highest BCUT2D eigenvalue weighted by molar-refractivity contribution is 6.29. The fraction of sp³-hybridized carbons (Fsp3) is 0.158. The Labute approximate surface area is 249 Å². The molecule has 208 valence electrons. The molecule has 0 N–H and O–H groups in total. The van der Waals surface area contributed by atoms with E-state index in [1.807, 2.05) is 109 Å². The summed E-state index contributed by atoms with van der Waals surface area (Å²) in [5, 5.41) is 1.87. The molecule has 0 saturated carbocycles. The largest absolute Gasteiger partial charge is 0.273 e. The van der Waals surface area contributed by atoms with Gasteiger partial charge in [-0.15, -0.1) is 0 Å². The summed E-state index contributed by atoms with van der Waals surface area (Å²) >= 11 is 0.